The van der Waals surface area contributed by atoms with Crippen LogP contribution in [-0.2, 0) is 9.84 Å². The van der Waals surface area contributed by atoms with Crippen molar-refractivity contribution in [3.8, 4) is 5.88 Å². The first-order valence-electron chi connectivity index (χ1n) is 5.45. The van der Waals surface area contributed by atoms with Crippen molar-refractivity contribution in [3.63, 3.8) is 0 Å². The summed E-state index contributed by atoms with van der Waals surface area (Å²) in [5, 5.41) is 14.7. The highest BCUT2D eigenvalue weighted by Crippen LogP contribution is 2.31. The number of nitrogens with two attached hydrogens (primary N) is 1. The summed E-state index contributed by atoms with van der Waals surface area (Å²) in [6.07, 6.45) is 0. The summed E-state index contributed by atoms with van der Waals surface area (Å²) in [6.45, 7) is -0.320. The highest BCUT2D eigenvalue weighted by atomic mass is 32.2. The van der Waals surface area contributed by atoms with Gasteiger partial charge in [-0.3, -0.25) is 5.10 Å². The van der Waals surface area contributed by atoms with Crippen LogP contribution >= 0.6 is 0 Å². The topological polar surface area (TPSA) is 118 Å². The maximum absolute atomic E-state index is 12.4. The Morgan fingerprint density at radius 3 is 2.63 bits per heavy atom. The molecule has 0 saturated heterocycles. The second-order valence-electron chi connectivity index (χ2n) is 3.66. The van der Waals surface area contributed by atoms with E-state index in [0.717, 1.165) is 0 Å². The zero-order valence-electron chi connectivity index (χ0n) is 9.91. The zero-order chi connectivity index (χ0) is 13.9. The third kappa shape index (κ3) is 2.54. The lowest BCUT2D eigenvalue weighted by atomic mass is 10.4. The van der Waals surface area contributed by atoms with E-state index in [0.29, 0.717) is 0 Å². The monoisotopic (exact) mass is 283 g/mol. The molecule has 0 atom stereocenters. The predicted octanol–water partition coefficient (Wildman–Crippen LogP) is 0.196. The quantitative estimate of drug-likeness (QED) is 0.721. The normalized spacial score (nSPS) is 11.4. The number of aliphatic hydroxyl groups excluding tert-OH is 1. The third-order valence-electron chi connectivity index (χ3n) is 2.37. The lowest BCUT2D eigenvalue weighted by molar-refractivity contribution is 0.193. The van der Waals surface area contributed by atoms with E-state index in [4.69, 9.17) is 15.6 Å². The van der Waals surface area contributed by atoms with Crippen molar-refractivity contribution in [2.24, 2.45) is 0 Å². The van der Waals surface area contributed by atoms with Crippen molar-refractivity contribution >= 4 is 15.7 Å². The molecule has 0 saturated carbocycles. The molecule has 0 bridgehead atoms. The van der Waals surface area contributed by atoms with Gasteiger partial charge in [0.05, 0.1) is 11.5 Å². The van der Waals surface area contributed by atoms with Crippen LogP contribution in [0.5, 0.6) is 5.88 Å². The predicted molar refractivity (Wildman–Crippen MR) is 67.5 cm³/mol. The fourth-order valence-electron chi connectivity index (χ4n) is 1.55. The summed E-state index contributed by atoms with van der Waals surface area (Å²) in [5.74, 6) is -0.243. The first-order chi connectivity index (χ1) is 9.07. The van der Waals surface area contributed by atoms with Gasteiger partial charge in [0.1, 0.15) is 12.4 Å². The third-order valence-corrected chi connectivity index (χ3v) is 4.19. The number of anilines is 1. The van der Waals surface area contributed by atoms with Crippen LogP contribution in [0.2, 0.25) is 0 Å². The van der Waals surface area contributed by atoms with Crippen LogP contribution in [0.15, 0.2) is 40.1 Å². The number of nitrogens with one attached hydrogen (secondary N) is 1. The van der Waals surface area contributed by atoms with Gasteiger partial charge in [-0.2, -0.15) is 0 Å². The largest absolute Gasteiger partial charge is 0.473 e. The standard InChI is InChI=1S/C11H13N3O4S/c12-10-9(11(14-13-10)18-7-6-15)19(16,17)8-4-2-1-3-5-8/h1-5,15H,6-7H2,(H3,12,13,14). The number of aliphatic hydroxyl groups is 1. The highest BCUT2D eigenvalue weighted by Gasteiger charge is 2.28. The second kappa shape index (κ2) is 5.29. The molecule has 102 valence electrons. The Morgan fingerprint density at radius 2 is 2.00 bits per heavy atom. The summed E-state index contributed by atoms with van der Waals surface area (Å²) >= 11 is 0. The molecule has 0 aliphatic rings. The van der Waals surface area contributed by atoms with E-state index >= 15 is 0 Å². The molecule has 7 nitrogen and oxygen atoms in total. The number of rotatable bonds is 5. The molecule has 0 unspecified atom stereocenters. The number of hydrogen-bond acceptors (Lipinski definition) is 6. The maximum Gasteiger partial charge on any atom is 0.254 e. The van der Waals surface area contributed by atoms with E-state index in [-0.39, 0.29) is 34.7 Å². The van der Waals surface area contributed by atoms with Crippen LogP contribution in [0, 0.1) is 0 Å². The maximum atomic E-state index is 12.4. The van der Waals surface area contributed by atoms with Gasteiger partial charge in [0.15, 0.2) is 4.90 Å². The Kier molecular flexibility index (Phi) is 3.72. The summed E-state index contributed by atoms with van der Waals surface area (Å²) in [6, 6.07) is 7.84. The van der Waals surface area contributed by atoms with Crippen LogP contribution in [0.3, 0.4) is 0 Å². The number of sulfone groups is 1. The fourth-order valence-corrected chi connectivity index (χ4v) is 2.97. The van der Waals surface area contributed by atoms with Gasteiger partial charge in [-0.15, -0.1) is 5.10 Å². The average molecular weight is 283 g/mol. The highest BCUT2D eigenvalue weighted by molar-refractivity contribution is 7.91. The number of nitrogens with zero attached hydrogens (tertiary/aromatic N) is 1. The van der Waals surface area contributed by atoms with Crippen molar-refractivity contribution in [3.05, 3.63) is 30.3 Å². The number of aromatic amines is 1. The summed E-state index contributed by atoms with van der Waals surface area (Å²) in [7, 11) is -3.81. The summed E-state index contributed by atoms with van der Waals surface area (Å²) in [5.41, 5.74) is 5.60. The van der Waals surface area contributed by atoms with Gasteiger partial charge in [0, 0.05) is 0 Å². The number of aromatic nitrogens is 2. The number of benzene rings is 1. The molecule has 1 aromatic heterocycles. The zero-order valence-corrected chi connectivity index (χ0v) is 10.7. The van der Waals surface area contributed by atoms with Crippen LogP contribution in [0.4, 0.5) is 5.82 Å². The molecule has 1 heterocycles. The molecule has 8 heteroatoms. The van der Waals surface area contributed by atoms with Crippen molar-refractivity contribution in [1.29, 1.82) is 0 Å². The van der Waals surface area contributed by atoms with E-state index < -0.39 is 9.84 Å². The molecule has 1 aromatic carbocycles. The Balaban J connectivity index is 2.49. The van der Waals surface area contributed by atoms with Gasteiger partial charge >= 0.3 is 0 Å². The van der Waals surface area contributed by atoms with Crippen LogP contribution in [0.1, 0.15) is 0 Å². The second-order valence-corrected chi connectivity index (χ2v) is 5.55. The van der Waals surface area contributed by atoms with Gasteiger partial charge in [0.2, 0.25) is 9.84 Å². The van der Waals surface area contributed by atoms with Gasteiger partial charge in [-0.25, -0.2) is 8.42 Å². The Bertz CT molecular complexity index is 652. The molecule has 0 radical (unpaired) electrons. The smallest absolute Gasteiger partial charge is 0.254 e. The van der Waals surface area contributed by atoms with Gasteiger partial charge in [0.25, 0.3) is 5.88 Å². The van der Waals surface area contributed by atoms with Crippen LogP contribution < -0.4 is 10.5 Å². The lowest BCUT2D eigenvalue weighted by Gasteiger charge is -2.06. The van der Waals surface area contributed by atoms with E-state index in [2.05, 4.69) is 10.2 Å². The Morgan fingerprint density at radius 1 is 1.32 bits per heavy atom. The molecule has 2 aromatic rings. The molecule has 2 rings (SSSR count). The minimum absolute atomic E-state index is 0.0679. The molecular weight excluding hydrogens is 270 g/mol. The average Bonchev–Trinajstić information content (AvgIpc) is 2.79. The molecule has 19 heavy (non-hydrogen) atoms. The molecule has 0 fully saturated rings. The van der Waals surface area contributed by atoms with E-state index in [9.17, 15) is 8.42 Å². The van der Waals surface area contributed by atoms with E-state index in [1.165, 1.54) is 12.1 Å². The SMILES string of the molecule is Nc1[nH]nc(OCCO)c1S(=O)(=O)c1ccccc1. The molecule has 4 N–H and O–H groups in total. The van der Waals surface area contributed by atoms with Crippen molar-refractivity contribution in [1.82, 2.24) is 10.2 Å². The first kappa shape index (κ1) is 13.4. The van der Waals surface area contributed by atoms with Gasteiger partial charge in [-0.05, 0) is 12.1 Å². The number of ether oxygens (including phenoxy) is 1. The van der Waals surface area contributed by atoms with Crippen LogP contribution in [0.25, 0.3) is 0 Å². The molecule has 0 spiro atoms. The fraction of sp³-hybridized carbons (Fsp3) is 0.182. The number of hydrogen-bond donors (Lipinski definition) is 3. The van der Waals surface area contributed by atoms with Crippen LogP contribution in [-0.4, -0.2) is 36.9 Å². The Labute approximate surface area is 109 Å². The molecule has 0 aliphatic carbocycles. The molecule has 0 amide bonds. The van der Waals surface area contributed by atoms with Crippen molar-refractivity contribution in [2.75, 3.05) is 18.9 Å². The molecule has 0 aliphatic heterocycles. The minimum Gasteiger partial charge on any atom is -0.473 e. The summed E-state index contributed by atoms with van der Waals surface area (Å²) < 4.78 is 29.9. The number of nitrogen functional groups attached to an aromatic ring is 1. The number of H-pyrrole nitrogens is 1. The van der Waals surface area contributed by atoms with E-state index in [1.807, 2.05) is 0 Å². The lowest BCUT2D eigenvalue weighted by Crippen LogP contribution is -2.08. The van der Waals surface area contributed by atoms with Gasteiger partial charge < -0.3 is 15.6 Å². The Hall–Kier alpha value is -2.06. The van der Waals surface area contributed by atoms with Crippen molar-refractivity contribution < 1.29 is 18.3 Å². The van der Waals surface area contributed by atoms with E-state index in [1.54, 1.807) is 18.2 Å². The van der Waals surface area contributed by atoms with Crippen molar-refractivity contribution in [2.45, 2.75) is 9.79 Å². The summed E-state index contributed by atoms with van der Waals surface area (Å²) in [4.78, 5) is -0.121. The van der Waals surface area contributed by atoms with Gasteiger partial charge in [-0.1, -0.05) is 18.2 Å². The molecular formula is C11H13N3O4S. The first-order valence-corrected chi connectivity index (χ1v) is 6.93. The minimum atomic E-state index is -3.81.